The van der Waals surface area contributed by atoms with Gasteiger partial charge in [0.05, 0.1) is 6.10 Å². The SMILES string of the molecule is CC(C)NS(=O)(=O)N1CCCC1C1CCCC1O. The molecule has 0 aromatic carbocycles. The molecule has 0 bridgehead atoms. The van der Waals surface area contributed by atoms with E-state index in [0.717, 1.165) is 32.1 Å². The highest BCUT2D eigenvalue weighted by Gasteiger charge is 2.42. The third kappa shape index (κ3) is 2.87. The van der Waals surface area contributed by atoms with Gasteiger partial charge < -0.3 is 5.11 Å². The van der Waals surface area contributed by atoms with Crippen molar-refractivity contribution < 1.29 is 13.5 Å². The molecular weight excluding hydrogens is 252 g/mol. The molecule has 18 heavy (non-hydrogen) atoms. The van der Waals surface area contributed by atoms with E-state index in [1.807, 2.05) is 13.8 Å². The Morgan fingerprint density at radius 3 is 2.50 bits per heavy atom. The van der Waals surface area contributed by atoms with Crippen LogP contribution in [-0.4, -0.2) is 42.6 Å². The molecule has 5 nitrogen and oxygen atoms in total. The second kappa shape index (κ2) is 5.45. The van der Waals surface area contributed by atoms with Crippen LogP contribution in [0.3, 0.4) is 0 Å². The molecule has 2 rings (SSSR count). The fourth-order valence-electron chi connectivity index (χ4n) is 3.28. The molecule has 1 heterocycles. The summed E-state index contributed by atoms with van der Waals surface area (Å²) in [6.07, 6.45) is 4.21. The number of nitrogens with zero attached hydrogens (tertiary/aromatic N) is 1. The van der Waals surface area contributed by atoms with E-state index in [0.29, 0.717) is 6.54 Å². The number of aliphatic hydroxyl groups is 1. The normalized spacial score (nSPS) is 34.6. The lowest BCUT2D eigenvalue weighted by Crippen LogP contribution is -2.49. The van der Waals surface area contributed by atoms with Gasteiger partial charge in [-0.2, -0.15) is 17.4 Å². The van der Waals surface area contributed by atoms with E-state index in [2.05, 4.69) is 4.72 Å². The summed E-state index contributed by atoms with van der Waals surface area (Å²) in [6.45, 7) is 4.23. The van der Waals surface area contributed by atoms with Crippen molar-refractivity contribution in [1.82, 2.24) is 9.03 Å². The number of hydrogen-bond donors (Lipinski definition) is 2. The summed E-state index contributed by atoms with van der Waals surface area (Å²) in [4.78, 5) is 0. The predicted molar refractivity (Wildman–Crippen MR) is 70.3 cm³/mol. The molecule has 0 aromatic rings. The zero-order chi connectivity index (χ0) is 13.3. The molecule has 3 atom stereocenters. The Hall–Kier alpha value is -0.170. The van der Waals surface area contributed by atoms with Crippen molar-refractivity contribution in [2.75, 3.05) is 6.54 Å². The van der Waals surface area contributed by atoms with Crippen LogP contribution in [0.1, 0.15) is 46.0 Å². The summed E-state index contributed by atoms with van der Waals surface area (Å²) in [7, 11) is -3.40. The van der Waals surface area contributed by atoms with Crippen molar-refractivity contribution in [3.05, 3.63) is 0 Å². The van der Waals surface area contributed by atoms with Gasteiger partial charge in [-0.15, -0.1) is 0 Å². The molecule has 1 aliphatic carbocycles. The lowest BCUT2D eigenvalue weighted by atomic mass is 9.95. The van der Waals surface area contributed by atoms with Gasteiger partial charge in [0.2, 0.25) is 0 Å². The van der Waals surface area contributed by atoms with E-state index in [4.69, 9.17) is 0 Å². The van der Waals surface area contributed by atoms with Crippen molar-refractivity contribution >= 4 is 10.2 Å². The van der Waals surface area contributed by atoms with Crippen molar-refractivity contribution in [1.29, 1.82) is 0 Å². The quantitative estimate of drug-likeness (QED) is 0.800. The summed E-state index contributed by atoms with van der Waals surface area (Å²) in [5.41, 5.74) is 0. The first-order valence-electron chi connectivity index (χ1n) is 6.89. The van der Waals surface area contributed by atoms with Crippen LogP contribution in [0, 0.1) is 5.92 Å². The minimum atomic E-state index is -3.40. The molecule has 6 heteroatoms. The van der Waals surface area contributed by atoms with Crippen molar-refractivity contribution in [2.45, 2.75) is 64.1 Å². The molecule has 1 saturated carbocycles. The van der Waals surface area contributed by atoms with Crippen molar-refractivity contribution in [2.24, 2.45) is 5.92 Å². The fourth-order valence-corrected chi connectivity index (χ4v) is 4.99. The Balaban J connectivity index is 2.12. The van der Waals surface area contributed by atoms with Crippen molar-refractivity contribution in [3.8, 4) is 0 Å². The number of nitrogens with one attached hydrogen (secondary N) is 1. The maximum Gasteiger partial charge on any atom is 0.279 e. The maximum absolute atomic E-state index is 12.3. The molecule has 1 saturated heterocycles. The summed E-state index contributed by atoms with van der Waals surface area (Å²) in [5, 5.41) is 9.97. The Morgan fingerprint density at radius 1 is 1.22 bits per heavy atom. The fraction of sp³-hybridized carbons (Fsp3) is 1.00. The predicted octanol–water partition coefficient (Wildman–Crippen LogP) is 0.855. The highest BCUT2D eigenvalue weighted by atomic mass is 32.2. The largest absolute Gasteiger partial charge is 0.393 e. The monoisotopic (exact) mass is 276 g/mol. The van der Waals surface area contributed by atoms with Crippen LogP contribution in [-0.2, 0) is 10.2 Å². The second-order valence-electron chi connectivity index (χ2n) is 5.76. The van der Waals surface area contributed by atoms with Gasteiger partial charge in [-0.05, 0) is 39.5 Å². The molecule has 0 aromatic heterocycles. The van der Waals surface area contributed by atoms with Gasteiger partial charge in [0.25, 0.3) is 10.2 Å². The summed E-state index contributed by atoms with van der Waals surface area (Å²) in [5.74, 6) is 0.122. The highest BCUT2D eigenvalue weighted by molar-refractivity contribution is 7.87. The Morgan fingerprint density at radius 2 is 1.94 bits per heavy atom. The molecule has 0 radical (unpaired) electrons. The molecule has 2 fully saturated rings. The number of rotatable bonds is 4. The zero-order valence-electron chi connectivity index (χ0n) is 11.2. The van der Waals surface area contributed by atoms with Gasteiger partial charge in [-0.25, -0.2) is 0 Å². The first-order chi connectivity index (χ1) is 8.42. The van der Waals surface area contributed by atoms with Gasteiger partial charge in [-0.1, -0.05) is 6.42 Å². The smallest absolute Gasteiger partial charge is 0.279 e. The summed E-state index contributed by atoms with van der Waals surface area (Å²) >= 11 is 0. The molecule has 0 amide bonds. The molecule has 2 N–H and O–H groups in total. The van der Waals surface area contributed by atoms with Gasteiger partial charge in [0, 0.05) is 24.5 Å². The van der Waals surface area contributed by atoms with Crippen LogP contribution in [0.15, 0.2) is 0 Å². The maximum atomic E-state index is 12.3. The van der Waals surface area contributed by atoms with E-state index in [1.165, 1.54) is 0 Å². The van der Waals surface area contributed by atoms with Crippen LogP contribution >= 0.6 is 0 Å². The molecular formula is C12H24N2O3S. The van der Waals surface area contributed by atoms with Gasteiger partial charge >= 0.3 is 0 Å². The average Bonchev–Trinajstić information content (AvgIpc) is 2.82. The number of hydrogen-bond acceptors (Lipinski definition) is 3. The minimum absolute atomic E-state index is 0.0150. The van der Waals surface area contributed by atoms with Crippen LogP contribution in [0.4, 0.5) is 0 Å². The van der Waals surface area contributed by atoms with Crippen LogP contribution in [0.25, 0.3) is 0 Å². The van der Waals surface area contributed by atoms with E-state index in [9.17, 15) is 13.5 Å². The molecule has 106 valence electrons. The Kier molecular flexibility index (Phi) is 4.31. The molecule has 1 aliphatic heterocycles. The van der Waals surface area contributed by atoms with E-state index < -0.39 is 10.2 Å². The van der Waals surface area contributed by atoms with Gasteiger partial charge in [-0.3, -0.25) is 0 Å². The number of aliphatic hydroxyl groups excluding tert-OH is 1. The van der Waals surface area contributed by atoms with Crippen LogP contribution in [0.2, 0.25) is 0 Å². The lowest BCUT2D eigenvalue weighted by Gasteiger charge is -2.31. The summed E-state index contributed by atoms with van der Waals surface area (Å²) in [6, 6.07) is -0.108. The molecule has 0 spiro atoms. The van der Waals surface area contributed by atoms with Crippen LogP contribution in [0.5, 0.6) is 0 Å². The first kappa shape index (κ1) is 14.2. The standard InChI is InChI=1S/C12H24N2O3S/c1-9(2)13-18(16,17)14-8-4-6-11(14)10-5-3-7-12(10)15/h9-13,15H,3-8H2,1-2H3. The third-order valence-electron chi connectivity index (χ3n) is 3.97. The summed E-state index contributed by atoms with van der Waals surface area (Å²) < 4.78 is 28.7. The second-order valence-corrected chi connectivity index (χ2v) is 7.41. The third-order valence-corrected chi connectivity index (χ3v) is 5.81. The minimum Gasteiger partial charge on any atom is -0.393 e. The Bertz CT molecular complexity index is 383. The van der Waals surface area contributed by atoms with Gasteiger partial charge in [0.15, 0.2) is 0 Å². The van der Waals surface area contributed by atoms with Crippen LogP contribution < -0.4 is 4.72 Å². The lowest BCUT2D eigenvalue weighted by molar-refractivity contribution is 0.0971. The van der Waals surface area contributed by atoms with E-state index in [-0.39, 0.29) is 24.1 Å². The average molecular weight is 276 g/mol. The Labute approximate surface area is 110 Å². The van der Waals surface area contributed by atoms with Crippen molar-refractivity contribution in [3.63, 3.8) is 0 Å². The molecule has 3 unspecified atom stereocenters. The van der Waals surface area contributed by atoms with Gasteiger partial charge in [0.1, 0.15) is 0 Å². The van der Waals surface area contributed by atoms with E-state index in [1.54, 1.807) is 4.31 Å². The molecule has 2 aliphatic rings. The first-order valence-corrected chi connectivity index (χ1v) is 8.33. The topological polar surface area (TPSA) is 69.6 Å². The zero-order valence-corrected chi connectivity index (χ0v) is 12.0. The van der Waals surface area contributed by atoms with E-state index >= 15 is 0 Å². The highest BCUT2D eigenvalue weighted by Crippen LogP contribution is 2.36.